The van der Waals surface area contributed by atoms with Crippen molar-refractivity contribution in [3.8, 4) is 11.5 Å². The van der Waals surface area contributed by atoms with E-state index in [0.717, 1.165) is 19.6 Å². The molecule has 0 unspecified atom stereocenters. The lowest BCUT2D eigenvalue weighted by molar-refractivity contribution is -0.131. The minimum Gasteiger partial charge on any atom is -0.486 e. The molecule has 0 atom stereocenters. The van der Waals surface area contributed by atoms with Crippen molar-refractivity contribution in [1.82, 2.24) is 9.80 Å². The Balaban J connectivity index is 1.42. The van der Waals surface area contributed by atoms with Crippen LogP contribution in [0.25, 0.3) is 0 Å². The van der Waals surface area contributed by atoms with Gasteiger partial charge in [-0.3, -0.25) is 14.0 Å². The van der Waals surface area contributed by atoms with E-state index in [2.05, 4.69) is 17.0 Å². The second-order valence-corrected chi connectivity index (χ2v) is 10.1. The number of carbonyl (C=O) groups excluding carboxylic acids is 1. The standard InChI is InChI=1S/C23H29N3O5S/c1-2-32(28,29)26(20-8-9-21-22(16-20)31-15-14-30-21)18-23(27)25-12-10-24(11-13-25)17-19-6-4-3-5-7-19/h3-9,16H,2,10-15,17-18H2,1H3. The summed E-state index contributed by atoms with van der Waals surface area (Å²) in [7, 11) is -3.65. The van der Waals surface area contributed by atoms with Crippen LogP contribution in [0.1, 0.15) is 12.5 Å². The van der Waals surface area contributed by atoms with E-state index < -0.39 is 10.0 Å². The van der Waals surface area contributed by atoms with Crippen LogP contribution < -0.4 is 13.8 Å². The molecule has 2 aromatic rings. The Morgan fingerprint density at radius 2 is 1.66 bits per heavy atom. The predicted octanol–water partition coefficient (Wildman–Crippen LogP) is 1.96. The Bertz CT molecular complexity index is 1040. The molecule has 32 heavy (non-hydrogen) atoms. The lowest BCUT2D eigenvalue weighted by atomic mass is 10.2. The summed E-state index contributed by atoms with van der Waals surface area (Å²) in [5, 5.41) is 0. The molecule has 2 aliphatic rings. The molecule has 2 heterocycles. The molecule has 0 aliphatic carbocycles. The van der Waals surface area contributed by atoms with E-state index >= 15 is 0 Å². The lowest BCUT2D eigenvalue weighted by Gasteiger charge is -2.36. The van der Waals surface area contributed by atoms with Crippen molar-refractivity contribution < 1.29 is 22.7 Å². The van der Waals surface area contributed by atoms with Crippen LogP contribution in [0, 0.1) is 0 Å². The minimum atomic E-state index is -3.65. The first kappa shape index (κ1) is 22.4. The first-order valence-electron chi connectivity index (χ1n) is 10.9. The number of rotatable bonds is 7. The number of anilines is 1. The molecule has 8 nitrogen and oxygen atoms in total. The summed E-state index contributed by atoms with van der Waals surface area (Å²) in [6.45, 7) is 5.72. The Labute approximate surface area is 189 Å². The van der Waals surface area contributed by atoms with Gasteiger partial charge >= 0.3 is 0 Å². The quantitative estimate of drug-likeness (QED) is 0.630. The minimum absolute atomic E-state index is 0.0976. The summed E-state index contributed by atoms with van der Waals surface area (Å²) in [6, 6.07) is 15.2. The highest BCUT2D eigenvalue weighted by atomic mass is 32.2. The topological polar surface area (TPSA) is 79.4 Å². The van der Waals surface area contributed by atoms with Crippen molar-refractivity contribution in [2.45, 2.75) is 13.5 Å². The van der Waals surface area contributed by atoms with E-state index in [0.29, 0.717) is 43.5 Å². The number of amides is 1. The highest BCUT2D eigenvalue weighted by molar-refractivity contribution is 7.92. The Kier molecular flexibility index (Phi) is 6.86. The number of sulfonamides is 1. The normalized spacial score (nSPS) is 16.6. The summed E-state index contributed by atoms with van der Waals surface area (Å²) in [5.41, 5.74) is 1.65. The third kappa shape index (κ3) is 5.16. The number of carbonyl (C=O) groups is 1. The van der Waals surface area contributed by atoms with Gasteiger partial charge in [0, 0.05) is 38.8 Å². The SMILES string of the molecule is CCS(=O)(=O)N(CC(=O)N1CCN(Cc2ccccc2)CC1)c1ccc2c(c1)OCCO2. The van der Waals surface area contributed by atoms with Crippen molar-refractivity contribution in [1.29, 1.82) is 0 Å². The fraction of sp³-hybridized carbons (Fsp3) is 0.435. The van der Waals surface area contributed by atoms with Gasteiger partial charge in [0.15, 0.2) is 11.5 Å². The van der Waals surface area contributed by atoms with Gasteiger partial charge in [0.25, 0.3) is 0 Å². The molecule has 0 spiro atoms. The number of nitrogens with zero attached hydrogens (tertiary/aromatic N) is 3. The van der Waals surface area contributed by atoms with E-state index in [4.69, 9.17) is 9.47 Å². The van der Waals surface area contributed by atoms with Gasteiger partial charge in [0.1, 0.15) is 19.8 Å². The molecule has 4 rings (SSSR count). The summed E-state index contributed by atoms with van der Waals surface area (Å²) < 4.78 is 37.9. The van der Waals surface area contributed by atoms with Gasteiger partial charge in [-0.05, 0) is 24.6 Å². The molecular weight excluding hydrogens is 430 g/mol. The molecule has 2 aromatic carbocycles. The maximum Gasteiger partial charge on any atom is 0.243 e. The van der Waals surface area contributed by atoms with Crippen molar-refractivity contribution in [3.05, 3.63) is 54.1 Å². The molecular formula is C23H29N3O5S. The number of ether oxygens (including phenoxy) is 2. The van der Waals surface area contributed by atoms with Crippen LogP contribution in [0.15, 0.2) is 48.5 Å². The number of hydrogen-bond acceptors (Lipinski definition) is 6. The van der Waals surface area contributed by atoms with Gasteiger partial charge in [-0.25, -0.2) is 8.42 Å². The fourth-order valence-corrected chi connectivity index (χ4v) is 4.97. The Morgan fingerprint density at radius 3 is 2.34 bits per heavy atom. The van der Waals surface area contributed by atoms with E-state index in [1.807, 2.05) is 18.2 Å². The Morgan fingerprint density at radius 1 is 0.969 bits per heavy atom. The molecule has 1 saturated heterocycles. The Hall–Kier alpha value is -2.78. The lowest BCUT2D eigenvalue weighted by Crippen LogP contribution is -2.51. The van der Waals surface area contributed by atoms with Gasteiger partial charge in [-0.2, -0.15) is 0 Å². The van der Waals surface area contributed by atoms with E-state index in [9.17, 15) is 13.2 Å². The van der Waals surface area contributed by atoms with Crippen LogP contribution in [0.4, 0.5) is 5.69 Å². The predicted molar refractivity (Wildman–Crippen MR) is 123 cm³/mol. The maximum atomic E-state index is 13.0. The first-order chi connectivity index (χ1) is 15.5. The fourth-order valence-electron chi connectivity index (χ4n) is 3.91. The summed E-state index contributed by atoms with van der Waals surface area (Å²) in [5.74, 6) is 0.776. The largest absolute Gasteiger partial charge is 0.486 e. The van der Waals surface area contributed by atoms with E-state index in [1.54, 1.807) is 30.0 Å². The van der Waals surface area contributed by atoms with Crippen molar-refractivity contribution in [2.75, 3.05) is 56.0 Å². The van der Waals surface area contributed by atoms with Crippen LogP contribution in [0.3, 0.4) is 0 Å². The van der Waals surface area contributed by atoms with Crippen LogP contribution >= 0.6 is 0 Å². The molecule has 172 valence electrons. The van der Waals surface area contributed by atoms with Crippen LogP contribution in [-0.2, 0) is 21.4 Å². The van der Waals surface area contributed by atoms with Gasteiger partial charge in [-0.15, -0.1) is 0 Å². The zero-order valence-electron chi connectivity index (χ0n) is 18.3. The summed E-state index contributed by atoms with van der Waals surface area (Å²) in [4.78, 5) is 17.1. The average molecular weight is 460 g/mol. The maximum absolute atomic E-state index is 13.0. The monoisotopic (exact) mass is 459 g/mol. The van der Waals surface area contributed by atoms with Gasteiger partial charge in [-0.1, -0.05) is 30.3 Å². The number of fused-ring (bicyclic) bond motifs is 1. The zero-order chi connectivity index (χ0) is 22.6. The third-order valence-corrected chi connectivity index (χ3v) is 7.51. The smallest absolute Gasteiger partial charge is 0.243 e. The molecule has 2 aliphatic heterocycles. The highest BCUT2D eigenvalue weighted by Gasteiger charge is 2.29. The number of benzene rings is 2. The molecule has 1 amide bonds. The van der Waals surface area contributed by atoms with Gasteiger partial charge < -0.3 is 14.4 Å². The second-order valence-electron chi connectivity index (χ2n) is 7.88. The van der Waals surface area contributed by atoms with Crippen LogP contribution in [0.5, 0.6) is 11.5 Å². The van der Waals surface area contributed by atoms with E-state index in [1.165, 1.54) is 9.87 Å². The molecule has 0 aromatic heterocycles. The van der Waals surface area contributed by atoms with Crippen LogP contribution in [-0.4, -0.2) is 75.8 Å². The molecule has 0 bridgehead atoms. The summed E-state index contributed by atoms with van der Waals surface area (Å²) in [6.07, 6.45) is 0. The van der Waals surface area contributed by atoms with E-state index in [-0.39, 0.29) is 18.2 Å². The van der Waals surface area contributed by atoms with Crippen molar-refractivity contribution in [3.63, 3.8) is 0 Å². The highest BCUT2D eigenvalue weighted by Crippen LogP contribution is 2.34. The third-order valence-electron chi connectivity index (χ3n) is 5.77. The molecule has 1 fully saturated rings. The second kappa shape index (κ2) is 9.79. The number of hydrogen-bond donors (Lipinski definition) is 0. The van der Waals surface area contributed by atoms with Crippen LogP contribution in [0.2, 0.25) is 0 Å². The zero-order valence-corrected chi connectivity index (χ0v) is 19.1. The van der Waals surface area contributed by atoms with Crippen molar-refractivity contribution >= 4 is 21.6 Å². The first-order valence-corrected chi connectivity index (χ1v) is 12.5. The van der Waals surface area contributed by atoms with Crippen molar-refractivity contribution in [2.24, 2.45) is 0 Å². The average Bonchev–Trinajstić information content (AvgIpc) is 2.83. The summed E-state index contributed by atoms with van der Waals surface area (Å²) >= 11 is 0. The molecule has 0 saturated carbocycles. The molecule has 9 heteroatoms. The van der Waals surface area contributed by atoms with Gasteiger partial charge in [0.2, 0.25) is 15.9 Å². The molecule has 0 radical (unpaired) electrons. The molecule has 0 N–H and O–H groups in total. The van der Waals surface area contributed by atoms with Gasteiger partial charge in [0.05, 0.1) is 11.4 Å². The number of piperazine rings is 1.